The fourth-order valence-corrected chi connectivity index (χ4v) is 1.34. The van der Waals surface area contributed by atoms with Gasteiger partial charge in [0, 0.05) is 13.0 Å². The number of rotatable bonds is 4. The predicted octanol–water partition coefficient (Wildman–Crippen LogP) is 2.14. The van der Waals surface area contributed by atoms with E-state index in [2.05, 4.69) is 0 Å². The molecule has 0 aliphatic carbocycles. The van der Waals surface area contributed by atoms with E-state index in [1.807, 2.05) is 31.2 Å². The summed E-state index contributed by atoms with van der Waals surface area (Å²) in [6, 6.07) is 7.84. The minimum absolute atomic E-state index is 0.0497. The summed E-state index contributed by atoms with van der Waals surface area (Å²) >= 11 is 0. The van der Waals surface area contributed by atoms with Crippen LogP contribution in [0.1, 0.15) is 24.0 Å². The summed E-state index contributed by atoms with van der Waals surface area (Å²) in [6.07, 6.45) is 0.953. The van der Waals surface area contributed by atoms with Gasteiger partial charge in [-0.15, -0.1) is 0 Å². The van der Waals surface area contributed by atoms with Gasteiger partial charge in [0.05, 0.1) is 6.61 Å². The Morgan fingerprint density at radius 3 is 2.77 bits per heavy atom. The number of carbonyl (C=O) groups is 1. The van der Waals surface area contributed by atoms with Crippen LogP contribution < -0.4 is 0 Å². The van der Waals surface area contributed by atoms with Gasteiger partial charge in [0.25, 0.3) is 0 Å². The van der Waals surface area contributed by atoms with E-state index < -0.39 is 0 Å². The molecule has 0 aromatic heterocycles. The Hall–Kier alpha value is -1.15. The third-order valence-corrected chi connectivity index (χ3v) is 2.05. The van der Waals surface area contributed by atoms with Gasteiger partial charge in [-0.05, 0) is 11.1 Å². The summed E-state index contributed by atoms with van der Waals surface area (Å²) in [5, 5.41) is 0. The quantitative estimate of drug-likeness (QED) is 0.660. The van der Waals surface area contributed by atoms with Crippen LogP contribution in [0, 0.1) is 0 Å². The van der Waals surface area contributed by atoms with E-state index in [1.54, 1.807) is 7.11 Å². The summed E-state index contributed by atoms with van der Waals surface area (Å²) < 4.78 is 5.05. The van der Waals surface area contributed by atoms with Gasteiger partial charge in [-0.3, -0.25) is 0 Å². The third kappa shape index (κ3) is 2.39. The van der Waals surface area contributed by atoms with Gasteiger partial charge in [0.2, 0.25) is 0 Å². The van der Waals surface area contributed by atoms with Gasteiger partial charge in [0.1, 0.15) is 6.29 Å². The highest BCUT2D eigenvalue weighted by atomic mass is 16.5. The van der Waals surface area contributed by atoms with Crippen molar-refractivity contribution in [2.24, 2.45) is 0 Å². The predicted molar refractivity (Wildman–Crippen MR) is 51.6 cm³/mol. The van der Waals surface area contributed by atoms with Gasteiger partial charge >= 0.3 is 0 Å². The van der Waals surface area contributed by atoms with Crippen LogP contribution in [0.25, 0.3) is 0 Å². The Bertz CT molecular complexity index is 281. The molecule has 0 heterocycles. The minimum Gasteiger partial charge on any atom is -0.380 e. The molecule has 0 bridgehead atoms. The SMILES string of the molecule is COCc1ccccc1C(C)C=O. The number of methoxy groups -OCH3 is 1. The van der Waals surface area contributed by atoms with Crippen LogP contribution in [0.5, 0.6) is 0 Å². The number of aldehydes is 1. The van der Waals surface area contributed by atoms with Crippen molar-refractivity contribution >= 4 is 6.29 Å². The molecule has 2 nitrogen and oxygen atoms in total. The van der Waals surface area contributed by atoms with Crippen molar-refractivity contribution < 1.29 is 9.53 Å². The van der Waals surface area contributed by atoms with Crippen LogP contribution in [0.2, 0.25) is 0 Å². The maximum absolute atomic E-state index is 10.6. The van der Waals surface area contributed by atoms with Crippen molar-refractivity contribution in [2.75, 3.05) is 7.11 Å². The molecule has 13 heavy (non-hydrogen) atoms. The van der Waals surface area contributed by atoms with Crippen LogP contribution >= 0.6 is 0 Å². The van der Waals surface area contributed by atoms with Crippen molar-refractivity contribution in [1.82, 2.24) is 0 Å². The molecule has 0 amide bonds. The number of ether oxygens (including phenoxy) is 1. The Labute approximate surface area is 78.5 Å². The fourth-order valence-electron chi connectivity index (χ4n) is 1.34. The molecule has 0 radical (unpaired) electrons. The Balaban J connectivity index is 2.96. The van der Waals surface area contributed by atoms with Gasteiger partial charge in [0.15, 0.2) is 0 Å². The Kier molecular flexibility index (Phi) is 3.65. The molecule has 1 aromatic carbocycles. The molecule has 0 spiro atoms. The summed E-state index contributed by atoms with van der Waals surface area (Å²) in [5.41, 5.74) is 2.14. The van der Waals surface area contributed by atoms with Crippen molar-refractivity contribution in [2.45, 2.75) is 19.4 Å². The van der Waals surface area contributed by atoms with Crippen molar-refractivity contribution in [1.29, 1.82) is 0 Å². The van der Waals surface area contributed by atoms with Gasteiger partial charge < -0.3 is 9.53 Å². The third-order valence-electron chi connectivity index (χ3n) is 2.05. The maximum Gasteiger partial charge on any atom is 0.127 e. The van der Waals surface area contributed by atoms with Crippen LogP contribution in [0.4, 0.5) is 0 Å². The summed E-state index contributed by atoms with van der Waals surface area (Å²) in [5.74, 6) is -0.0497. The van der Waals surface area contributed by atoms with Crippen molar-refractivity contribution in [3.8, 4) is 0 Å². The zero-order valence-electron chi connectivity index (χ0n) is 7.99. The lowest BCUT2D eigenvalue weighted by Gasteiger charge is -2.10. The molecular formula is C11H14O2. The van der Waals surface area contributed by atoms with Crippen LogP contribution in [-0.4, -0.2) is 13.4 Å². The first kappa shape index (κ1) is 9.93. The van der Waals surface area contributed by atoms with E-state index in [9.17, 15) is 4.79 Å². The van der Waals surface area contributed by atoms with Crippen molar-refractivity contribution in [3.63, 3.8) is 0 Å². The molecular weight excluding hydrogens is 164 g/mol. The van der Waals surface area contributed by atoms with E-state index >= 15 is 0 Å². The number of hydrogen-bond acceptors (Lipinski definition) is 2. The highest BCUT2D eigenvalue weighted by Gasteiger charge is 2.07. The monoisotopic (exact) mass is 178 g/mol. The molecule has 0 saturated heterocycles. The lowest BCUT2D eigenvalue weighted by atomic mass is 9.97. The van der Waals surface area contributed by atoms with E-state index in [0.29, 0.717) is 6.61 Å². The van der Waals surface area contributed by atoms with Gasteiger partial charge in [-0.2, -0.15) is 0 Å². The van der Waals surface area contributed by atoms with E-state index in [1.165, 1.54) is 0 Å². The molecule has 0 fully saturated rings. The molecule has 1 unspecified atom stereocenters. The van der Waals surface area contributed by atoms with Gasteiger partial charge in [-0.25, -0.2) is 0 Å². The lowest BCUT2D eigenvalue weighted by molar-refractivity contribution is -0.108. The second-order valence-corrected chi connectivity index (χ2v) is 3.06. The van der Waals surface area contributed by atoms with Crippen LogP contribution in [0.15, 0.2) is 24.3 Å². The molecule has 0 N–H and O–H groups in total. The zero-order valence-corrected chi connectivity index (χ0v) is 7.99. The fraction of sp³-hybridized carbons (Fsp3) is 0.364. The van der Waals surface area contributed by atoms with E-state index in [0.717, 1.165) is 17.4 Å². The first-order chi connectivity index (χ1) is 6.29. The Morgan fingerprint density at radius 1 is 1.46 bits per heavy atom. The normalized spacial score (nSPS) is 12.5. The highest BCUT2D eigenvalue weighted by Crippen LogP contribution is 2.18. The second-order valence-electron chi connectivity index (χ2n) is 3.06. The topological polar surface area (TPSA) is 26.3 Å². The molecule has 70 valence electrons. The molecule has 0 saturated carbocycles. The number of hydrogen-bond donors (Lipinski definition) is 0. The van der Waals surface area contributed by atoms with Crippen molar-refractivity contribution in [3.05, 3.63) is 35.4 Å². The van der Waals surface area contributed by atoms with Crippen LogP contribution in [0.3, 0.4) is 0 Å². The molecule has 2 heteroatoms. The maximum atomic E-state index is 10.6. The average Bonchev–Trinajstić information content (AvgIpc) is 2.18. The molecule has 1 atom stereocenters. The summed E-state index contributed by atoms with van der Waals surface area (Å²) in [4.78, 5) is 10.6. The standard InChI is InChI=1S/C11H14O2/c1-9(7-12)11-6-4-3-5-10(11)8-13-2/h3-7,9H,8H2,1-2H3. The zero-order chi connectivity index (χ0) is 9.68. The molecule has 1 aromatic rings. The smallest absolute Gasteiger partial charge is 0.127 e. The van der Waals surface area contributed by atoms with Gasteiger partial charge in [-0.1, -0.05) is 31.2 Å². The van der Waals surface area contributed by atoms with E-state index in [4.69, 9.17) is 4.74 Å². The number of benzene rings is 1. The lowest BCUT2D eigenvalue weighted by Crippen LogP contribution is -2.00. The molecule has 0 aliphatic heterocycles. The summed E-state index contributed by atoms with van der Waals surface area (Å²) in [6.45, 7) is 2.45. The highest BCUT2D eigenvalue weighted by molar-refractivity contribution is 5.62. The largest absolute Gasteiger partial charge is 0.380 e. The summed E-state index contributed by atoms with van der Waals surface area (Å²) in [7, 11) is 1.66. The first-order valence-corrected chi connectivity index (χ1v) is 4.31. The first-order valence-electron chi connectivity index (χ1n) is 4.31. The second kappa shape index (κ2) is 4.77. The molecule has 0 aliphatic rings. The molecule has 1 rings (SSSR count). The van der Waals surface area contributed by atoms with E-state index in [-0.39, 0.29) is 5.92 Å². The number of carbonyl (C=O) groups excluding carboxylic acids is 1. The minimum atomic E-state index is -0.0497. The average molecular weight is 178 g/mol. The van der Waals surface area contributed by atoms with Crippen LogP contribution in [-0.2, 0) is 16.1 Å². The Morgan fingerprint density at radius 2 is 2.15 bits per heavy atom.